The van der Waals surface area contributed by atoms with Crippen LogP contribution in [-0.4, -0.2) is 5.11 Å². The van der Waals surface area contributed by atoms with Crippen molar-refractivity contribution in [1.82, 2.24) is 0 Å². The van der Waals surface area contributed by atoms with E-state index in [0.717, 1.165) is 22.3 Å². The second-order valence-corrected chi connectivity index (χ2v) is 3.79. The fraction of sp³-hybridized carbons (Fsp3) is 0.455. The molecule has 3 nitrogen and oxygen atoms in total. The quantitative estimate of drug-likeness (QED) is 0.597. The van der Waals surface area contributed by atoms with Crippen LogP contribution in [0.3, 0.4) is 0 Å². The highest BCUT2D eigenvalue weighted by Crippen LogP contribution is 2.33. The molecule has 5 N–H and O–H groups in total. The predicted molar refractivity (Wildman–Crippen MR) is 60.1 cm³/mol. The van der Waals surface area contributed by atoms with Gasteiger partial charge in [-0.1, -0.05) is 0 Å². The van der Waals surface area contributed by atoms with Crippen molar-refractivity contribution >= 4 is 11.4 Å². The lowest BCUT2D eigenvalue weighted by Crippen LogP contribution is -2.08. The van der Waals surface area contributed by atoms with Crippen molar-refractivity contribution in [1.29, 1.82) is 0 Å². The highest BCUT2D eigenvalue weighted by atomic mass is 16.3. The van der Waals surface area contributed by atoms with E-state index in [1.165, 1.54) is 0 Å². The summed E-state index contributed by atoms with van der Waals surface area (Å²) in [4.78, 5) is 0. The Morgan fingerprint density at radius 3 is 1.57 bits per heavy atom. The third kappa shape index (κ3) is 1.44. The summed E-state index contributed by atoms with van der Waals surface area (Å²) in [5, 5.41) is 9.61. The van der Waals surface area contributed by atoms with Crippen molar-refractivity contribution in [3.63, 3.8) is 0 Å². The maximum absolute atomic E-state index is 9.61. The van der Waals surface area contributed by atoms with Crippen LogP contribution in [0.4, 0.5) is 11.4 Å². The number of benzene rings is 1. The number of anilines is 2. The van der Waals surface area contributed by atoms with Crippen LogP contribution in [-0.2, 0) is 0 Å². The van der Waals surface area contributed by atoms with Crippen LogP contribution in [0.25, 0.3) is 0 Å². The predicted octanol–water partition coefficient (Wildman–Crippen LogP) is 1.83. The first-order valence-electron chi connectivity index (χ1n) is 4.70. The minimum Gasteiger partial charge on any atom is -0.398 e. The smallest absolute Gasteiger partial charge is 0.0768 e. The van der Waals surface area contributed by atoms with E-state index in [1.54, 1.807) is 6.92 Å². The molecule has 0 saturated heterocycles. The molecule has 0 aliphatic rings. The number of nitrogen functional groups attached to an aromatic ring is 2. The van der Waals surface area contributed by atoms with Crippen LogP contribution < -0.4 is 11.5 Å². The summed E-state index contributed by atoms with van der Waals surface area (Å²) in [7, 11) is 0. The monoisotopic (exact) mass is 194 g/mol. The average molecular weight is 194 g/mol. The van der Waals surface area contributed by atoms with Gasteiger partial charge in [-0.2, -0.15) is 0 Å². The Hall–Kier alpha value is -1.22. The molecular formula is C11H18N2O. The first kappa shape index (κ1) is 10.9. The Kier molecular flexibility index (Phi) is 2.71. The molecule has 0 aliphatic heterocycles. The number of nitrogens with two attached hydrogens (primary N) is 2. The molecule has 3 heteroatoms. The van der Waals surface area contributed by atoms with Crippen molar-refractivity contribution in [2.75, 3.05) is 11.5 Å². The molecule has 0 amide bonds. The molecule has 0 saturated carbocycles. The molecule has 1 rings (SSSR count). The molecule has 14 heavy (non-hydrogen) atoms. The van der Waals surface area contributed by atoms with E-state index in [2.05, 4.69) is 0 Å². The van der Waals surface area contributed by atoms with Crippen LogP contribution in [0.15, 0.2) is 0 Å². The van der Waals surface area contributed by atoms with Gasteiger partial charge < -0.3 is 16.6 Å². The Balaban J connectivity index is 3.60. The topological polar surface area (TPSA) is 72.3 Å². The lowest BCUT2D eigenvalue weighted by Gasteiger charge is -2.19. The summed E-state index contributed by atoms with van der Waals surface area (Å²) in [5.74, 6) is 0. The van der Waals surface area contributed by atoms with E-state index in [1.807, 2.05) is 20.8 Å². The summed E-state index contributed by atoms with van der Waals surface area (Å²) in [6, 6.07) is 0. The molecule has 1 aromatic rings. The maximum atomic E-state index is 9.61. The molecule has 0 heterocycles. The first-order valence-corrected chi connectivity index (χ1v) is 4.70. The zero-order valence-corrected chi connectivity index (χ0v) is 9.18. The zero-order valence-electron chi connectivity index (χ0n) is 9.18. The van der Waals surface area contributed by atoms with E-state index < -0.39 is 6.10 Å². The second-order valence-electron chi connectivity index (χ2n) is 3.79. The molecule has 1 unspecified atom stereocenters. The van der Waals surface area contributed by atoms with Gasteiger partial charge in [0.25, 0.3) is 0 Å². The number of hydrogen-bond acceptors (Lipinski definition) is 3. The van der Waals surface area contributed by atoms with Crippen molar-refractivity contribution in [3.05, 3.63) is 22.3 Å². The fourth-order valence-corrected chi connectivity index (χ4v) is 1.91. The fourth-order valence-electron chi connectivity index (χ4n) is 1.91. The SMILES string of the molecule is Cc1c(N)c(C)c(C(C)O)c(C)c1N. The van der Waals surface area contributed by atoms with Gasteiger partial charge in [0.15, 0.2) is 0 Å². The standard InChI is InChI=1S/C11H18N2O/c1-5-9(8(4)14)6(2)11(13)7(3)10(5)12/h8,14H,12-13H2,1-4H3. The first-order chi connectivity index (χ1) is 6.37. The molecule has 0 bridgehead atoms. The average Bonchev–Trinajstić information content (AvgIpc) is 2.11. The number of hydrogen-bond donors (Lipinski definition) is 3. The van der Waals surface area contributed by atoms with Crippen molar-refractivity contribution in [3.8, 4) is 0 Å². The van der Waals surface area contributed by atoms with Crippen molar-refractivity contribution in [2.24, 2.45) is 0 Å². The Bertz CT molecular complexity index is 341. The van der Waals surface area contributed by atoms with E-state index in [4.69, 9.17) is 11.5 Å². The summed E-state index contributed by atoms with van der Waals surface area (Å²) >= 11 is 0. The third-order valence-electron chi connectivity index (χ3n) is 2.84. The lowest BCUT2D eigenvalue weighted by molar-refractivity contribution is 0.198. The molecular weight excluding hydrogens is 176 g/mol. The van der Waals surface area contributed by atoms with Crippen LogP contribution in [0.1, 0.15) is 35.3 Å². The minimum atomic E-state index is -0.528. The van der Waals surface area contributed by atoms with E-state index in [-0.39, 0.29) is 0 Å². The second kappa shape index (κ2) is 3.50. The lowest BCUT2D eigenvalue weighted by atomic mass is 9.92. The highest BCUT2D eigenvalue weighted by molar-refractivity contribution is 5.71. The van der Waals surface area contributed by atoms with Gasteiger partial charge >= 0.3 is 0 Å². The molecule has 78 valence electrons. The van der Waals surface area contributed by atoms with Gasteiger partial charge in [-0.05, 0) is 49.9 Å². The summed E-state index contributed by atoms with van der Waals surface area (Å²) in [6.07, 6.45) is -0.528. The summed E-state index contributed by atoms with van der Waals surface area (Å²) in [5.41, 5.74) is 16.8. The largest absolute Gasteiger partial charge is 0.398 e. The normalized spacial score (nSPS) is 12.9. The van der Waals surface area contributed by atoms with Gasteiger partial charge in [-0.25, -0.2) is 0 Å². The van der Waals surface area contributed by atoms with Gasteiger partial charge in [0.05, 0.1) is 6.10 Å². The summed E-state index contributed by atoms with van der Waals surface area (Å²) in [6.45, 7) is 7.45. The van der Waals surface area contributed by atoms with Crippen LogP contribution in [0.5, 0.6) is 0 Å². The molecule has 0 fully saturated rings. The molecule has 0 aromatic heterocycles. The van der Waals surface area contributed by atoms with E-state index >= 15 is 0 Å². The van der Waals surface area contributed by atoms with E-state index in [0.29, 0.717) is 11.4 Å². The summed E-state index contributed by atoms with van der Waals surface area (Å²) < 4.78 is 0. The van der Waals surface area contributed by atoms with Gasteiger partial charge in [-0.15, -0.1) is 0 Å². The van der Waals surface area contributed by atoms with Crippen LogP contribution in [0.2, 0.25) is 0 Å². The van der Waals surface area contributed by atoms with Crippen LogP contribution in [0, 0.1) is 20.8 Å². The van der Waals surface area contributed by atoms with Crippen molar-refractivity contribution in [2.45, 2.75) is 33.8 Å². The Morgan fingerprint density at radius 1 is 0.929 bits per heavy atom. The van der Waals surface area contributed by atoms with Gasteiger partial charge in [0, 0.05) is 11.4 Å². The number of aliphatic hydroxyl groups excluding tert-OH is 1. The molecule has 0 spiro atoms. The zero-order chi connectivity index (χ0) is 11.0. The van der Waals surface area contributed by atoms with Crippen LogP contribution >= 0.6 is 0 Å². The van der Waals surface area contributed by atoms with Crippen molar-refractivity contribution < 1.29 is 5.11 Å². The number of aliphatic hydroxyl groups is 1. The molecule has 1 aromatic carbocycles. The van der Waals surface area contributed by atoms with E-state index in [9.17, 15) is 5.11 Å². The van der Waals surface area contributed by atoms with Gasteiger partial charge in [-0.3, -0.25) is 0 Å². The Labute approximate surface area is 84.7 Å². The maximum Gasteiger partial charge on any atom is 0.0768 e. The van der Waals surface area contributed by atoms with Gasteiger partial charge in [0.2, 0.25) is 0 Å². The number of rotatable bonds is 1. The highest BCUT2D eigenvalue weighted by Gasteiger charge is 2.16. The van der Waals surface area contributed by atoms with Gasteiger partial charge in [0.1, 0.15) is 0 Å². The molecule has 0 radical (unpaired) electrons. The Morgan fingerprint density at radius 2 is 1.29 bits per heavy atom. The minimum absolute atomic E-state index is 0.528. The molecule has 0 aliphatic carbocycles. The molecule has 1 atom stereocenters. The third-order valence-corrected chi connectivity index (χ3v) is 2.84.